The van der Waals surface area contributed by atoms with Gasteiger partial charge in [-0.05, 0) is 37.3 Å². The first-order valence-electron chi connectivity index (χ1n) is 7.38. The second-order valence-corrected chi connectivity index (χ2v) is 5.25. The van der Waals surface area contributed by atoms with Crippen LogP contribution in [-0.4, -0.2) is 9.97 Å². The molecule has 0 aliphatic heterocycles. The summed E-state index contributed by atoms with van der Waals surface area (Å²) in [6.07, 6.45) is 0. The SMILES string of the molecule is Cc1nc(Nc2cccc(C#N)c2)cc(Nc2ccc(F)cc2F)n1. The van der Waals surface area contributed by atoms with Crippen molar-refractivity contribution in [2.75, 3.05) is 10.6 Å². The second kappa shape index (κ2) is 6.93. The van der Waals surface area contributed by atoms with Crippen LogP contribution < -0.4 is 10.6 Å². The van der Waals surface area contributed by atoms with E-state index in [1.165, 1.54) is 6.07 Å². The smallest absolute Gasteiger partial charge is 0.149 e. The highest BCUT2D eigenvalue weighted by Gasteiger charge is 2.07. The summed E-state index contributed by atoms with van der Waals surface area (Å²) >= 11 is 0. The predicted molar refractivity (Wildman–Crippen MR) is 90.8 cm³/mol. The average Bonchev–Trinajstić information content (AvgIpc) is 2.57. The molecule has 124 valence electrons. The lowest BCUT2D eigenvalue weighted by atomic mass is 10.2. The van der Waals surface area contributed by atoms with Crippen molar-refractivity contribution < 1.29 is 8.78 Å². The number of benzene rings is 2. The van der Waals surface area contributed by atoms with Gasteiger partial charge in [-0.3, -0.25) is 0 Å². The summed E-state index contributed by atoms with van der Waals surface area (Å²) in [6, 6.07) is 13.8. The van der Waals surface area contributed by atoms with Crippen LogP contribution in [0.1, 0.15) is 11.4 Å². The van der Waals surface area contributed by atoms with Gasteiger partial charge in [0.1, 0.15) is 29.1 Å². The fourth-order valence-corrected chi connectivity index (χ4v) is 2.24. The summed E-state index contributed by atoms with van der Waals surface area (Å²) in [4.78, 5) is 8.46. The van der Waals surface area contributed by atoms with E-state index < -0.39 is 11.6 Å². The number of nitriles is 1. The highest BCUT2D eigenvalue weighted by atomic mass is 19.1. The van der Waals surface area contributed by atoms with E-state index in [9.17, 15) is 8.78 Å². The summed E-state index contributed by atoms with van der Waals surface area (Å²) in [5, 5.41) is 14.8. The van der Waals surface area contributed by atoms with Crippen LogP contribution in [0.15, 0.2) is 48.5 Å². The molecule has 1 aromatic heterocycles. The minimum absolute atomic E-state index is 0.108. The van der Waals surface area contributed by atoms with Gasteiger partial charge >= 0.3 is 0 Å². The maximum absolute atomic E-state index is 13.8. The highest BCUT2D eigenvalue weighted by Crippen LogP contribution is 2.23. The Kier molecular flexibility index (Phi) is 4.53. The van der Waals surface area contributed by atoms with E-state index in [0.717, 1.165) is 12.1 Å². The van der Waals surface area contributed by atoms with Crippen molar-refractivity contribution in [3.05, 3.63) is 71.6 Å². The zero-order valence-corrected chi connectivity index (χ0v) is 13.2. The van der Waals surface area contributed by atoms with Crippen molar-refractivity contribution in [2.45, 2.75) is 6.92 Å². The molecule has 0 saturated heterocycles. The molecule has 0 spiro atoms. The number of hydrogen-bond acceptors (Lipinski definition) is 5. The van der Waals surface area contributed by atoms with E-state index in [1.54, 1.807) is 37.3 Å². The number of aromatic nitrogens is 2. The van der Waals surface area contributed by atoms with Crippen LogP contribution in [0.25, 0.3) is 0 Å². The maximum Gasteiger partial charge on any atom is 0.149 e. The summed E-state index contributed by atoms with van der Waals surface area (Å²) in [6.45, 7) is 1.70. The van der Waals surface area contributed by atoms with E-state index in [1.807, 2.05) is 0 Å². The predicted octanol–water partition coefficient (Wildman–Crippen LogP) is 4.42. The summed E-state index contributed by atoms with van der Waals surface area (Å²) < 4.78 is 26.8. The molecule has 0 aliphatic carbocycles. The number of nitrogens with zero attached hydrogens (tertiary/aromatic N) is 3. The third-order valence-electron chi connectivity index (χ3n) is 3.30. The minimum atomic E-state index is -0.715. The molecule has 0 aliphatic rings. The molecule has 5 nitrogen and oxygen atoms in total. The Morgan fingerprint density at radius 2 is 1.72 bits per heavy atom. The average molecular weight is 337 g/mol. The molecule has 25 heavy (non-hydrogen) atoms. The molecule has 7 heteroatoms. The molecular weight excluding hydrogens is 324 g/mol. The molecule has 0 unspecified atom stereocenters. The van der Waals surface area contributed by atoms with Crippen molar-refractivity contribution in [1.29, 1.82) is 5.26 Å². The summed E-state index contributed by atoms with van der Waals surface area (Å²) in [5.41, 5.74) is 1.32. The van der Waals surface area contributed by atoms with Crippen molar-refractivity contribution in [2.24, 2.45) is 0 Å². The number of aryl methyl sites for hydroxylation is 1. The molecule has 0 bridgehead atoms. The Morgan fingerprint density at radius 1 is 0.960 bits per heavy atom. The molecule has 1 heterocycles. The zero-order valence-electron chi connectivity index (χ0n) is 13.2. The Hall–Kier alpha value is -3.53. The van der Waals surface area contributed by atoms with Crippen LogP contribution >= 0.6 is 0 Å². The van der Waals surface area contributed by atoms with Gasteiger partial charge < -0.3 is 10.6 Å². The van der Waals surface area contributed by atoms with Gasteiger partial charge in [-0.25, -0.2) is 18.7 Å². The first-order valence-corrected chi connectivity index (χ1v) is 7.38. The van der Waals surface area contributed by atoms with E-state index in [4.69, 9.17) is 5.26 Å². The van der Waals surface area contributed by atoms with Gasteiger partial charge in [0.15, 0.2) is 0 Å². The third-order valence-corrected chi connectivity index (χ3v) is 3.30. The molecule has 3 aromatic rings. The minimum Gasteiger partial charge on any atom is -0.340 e. The Labute approximate surface area is 143 Å². The van der Waals surface area contributed by atoms with E-state index in [0.29, 0.717) is 28.7 Å². The van der Waals surface area contributed by atoms with E-state index in [-0.39, 0.29) is 5.69 Å². The van der Waals surface area contributed by atoms with Crippen molar-refractivity contribution in [3.63, 3.8) is 0 Å². The van der Waals surface area contributed by atoms with Gasteiger partial charge in [0.2, 0.25) is 0 Å². The van der Waals surface area contributed by atoms with Gasteiger partial charge in [-0.2, -0.15) is 5.26 Å². The van der Waals surface area contributed by atoms with Crippen LogP contribution in [0.4, 0.5) is 31.8 Å². The Bertz CT molecular complexity index is 966. The Balaban J connectivity index is 1.86. The third kappa shape index (κ3) is 4.06. The normalized spacial score (nSPS) is 10.2. The topological polar surface area (TPSA) is 73.6 Å². The first kappa shape index (κ1) is 16.3. The molecule has 0 saturated carbocycles. The van der Waals surface area contributed by atoms with Crippen molar-refractivity contribution in [1.82, 2.24) is 9.97 Å². The molecule has 3 rings (SSSR count). The van der Waals surface area contributed by atoms with E-state index >= 15 is 0 Å². The molecule has 0 amide bonds. The lowest BCUT2D eigenvalue weighted by molar-refractivity contribution is 0.586. The molecule has 0 fully saturated rings. The van der Waals surface area contributed by atoms with E-state index in [2.05, 4.69) is 26.7 Å². The van der Waals surface area contributed by atoms with Gasteiger partial charge in [0.25, 0.3) is 0 Å². The summed E-state index contributed by atoms with van der Waals surface area (Å²) in [7, 11) is 0. The number of halogens is 2. The number of nitrogens with one attached hydrogen (secondary N) is 2. The monoisotopic (exact) mass is 337 g/mol. The van der Waals surface area contributed by atoms with Gasteiger partial charge in [-0.1, -0.05) is 6.07 Å². The van der Waals surface area contributed by atoms with Crippen molar-refractivity contribution >= 4 is 23.0 Å². The molecule has 2 aromatic carbocycles. The maximum atomic E-state index is 13.8. The van der Waals surface area contributed by atoms with Crippen LogP contribution in [0.3, 0.4) is 0 Å². The standard InChI is InChI=1S/C18H13F2N5/c1-11-22-17(24-14-4-2-3-12(7-14)10-21)9-18(23-11)25-16-6-5-13(19)8-15(16)20/h2-9H,1H3,(H2,22,23,24,25). The fraction of sp³-hybridized carbons (Fsp3) is 0.0556. The molecule has 0 radical (unpaired) electrons. The van der Waals surface area contributed by atoms with Crippen LogP contribution in [-0.2, 0) is 0 Å². The first-order chi connectivity index (χ1) is 12.0. The number of hydrogen-bond donors (Lipinski definition) is 2. The zero-order chi connectivity index (χ0) is 17.8. The van der Waals surface area contributed by atoms with Gasteiger partial charge in [0, 0.05) is 17.8 Å². The Morgan fingerprint density at radius 3 is 2.44 bits per heavy atom. The number of anilines is 4. The second-order valence-electron chi connectivity index (χ2n) is 5.25. The van der Waals surface area contributed by atoms with Crippen LogP contribution in [0.2, 0.25) is 0 Å². The lowest BCUT2D eigenvalue weighted by Crippen LogP contribution is -2.02. The number of rotatable bonds is 4. The molecule has 0 atom stereocenters. The fourth-order valence-electron chi connectivity index (χ4n) is 2.24. The highest BCUT2D eigenvalue weighted by molar-refractivity contribution is 5.64. The van der Waals surface area contributed by atoms with Crippen molar-refractivity contribution in [3.8, 4) is 6.07 Å². The van der Waals surface area contributed by atoms with Crippen LogP contribution in [0, 0.1) is 29.9 Å². The van der Waals surface area contributed by atoms with Gasteiger partial charge in [-0.15, -0.1) is 0 Å². The quantitative estimate of drug-likeness (QED) is 0.737. The lowest BCUT2D eigenvalue weighted by Gasteiger charge is -2.11. The molecule has 2 N–H and O–H groups in total. The molecular formula is C18H13F2N5. The summed E-state index contributed by atoms with van der Waals surface area (Å²) in [5.74, 6) is -0.0647. The van der Waals surface area contributed by atoms with Crippen LogP contribution in [0.5, 0.6) is 0 Å². The van der Waals surface area contributed by atoms with Gasteiger partial charge in [0.05, 0.1) is 17.3 Å². The largest absolute Gasteiger partial charge is 0.340 e.